The average Bonchev–Trinajstić information content (AvgIpc) is 3.17. The van der Waals surface area contributed by atoms with E-state index < -0.39 is 21.6 Å². The van der Waals surface area contributed by atoms with E-state index in [9.17, 15) is 14.4 Å². The zero-order valence-corrected chi connectivity index (χ0v) is 21.1. The van der Waals surface area contributed by atoms with Gasteiger partial charge in [0.05, 0.1) is 17.9 Å². The first-order valence-electron chi connectivity index (χ1n) is 12.1. The Morgan fingerprint density at radius 2 is 1.22 bits per heavy atom. The topological polar surface area (TPSA) is 66.5 Å². The molecule has 4 aliphatic rings. The minimum Gasteiger partial charge on any atom is -0.350 e. The van der Waals surface area contributed by atoms with Crippen molar-refractivity contribution < 1.29 is 14.4 Å². The maximum absolute atomic E-state index is 13.8. The summed E-state index contributed by atoms with van der Waals surface area (Å²) in [7, 11) is 0. The Balaban J connectivity index is 1.31. The van der Waals surface area contributed by atoms with Gasteiger partial charge in [-0.3, -0.25) is 19.3 Å². The molecule has 3 aromatic rings. The molecule has 1 fully saturated rings. The number of rotatable bonds is 5. The fourth-order valence-corrected chi connectivity index (χ4v) is 7.39. The van der Waals surface area contributed by atoms with E-state index in [1.165, 1.54) is 4.90 Å². The fraction of sp³-hybridized carbons (Fsp3) is 0.276. The third kappa shape index (κ3) is 2.99. The Morgan fingerprint density at radius 1 is 0.806 bits per heavy atom. The number of halogens is 2. The molecule has 0 radical (unpaired) electrons. The number of nitrogens with one attached hydrogen (secondary N) is 1. The maximum Gasteiger partial charge on any atom is 0.235 e. The van der Waals surface area contributed by atoms with Crippen molar-refractivity contribution in [3.05, 3.63) is 107 Å². The van der Waals surface area contributed by atoms with E-state index in [1.807, 2.05) is 85.8 Å². The van der Waals surface area contributed by atoms with Gasteiger partial charge in [-0.25, -0.2) is 0 Å². The zero-order valence-electron chi connectivity index (χ0n) is 19.6. The quantitative estimate of drug-likeness (QED) is 0.387. The highest BCUT2D eigenvalue weighted by molar-refractivity contribution is 6.36. The summed E-state index contributed by atoms with van der Waals surface area (Å²) >= 11 is 14.8. The maximum atomic E-state index is 13.8. The fourth-order valence-electron chi connectivity index (χ4n) is 6.30. The van der Waals surface area contributed by atoms with Crippen LogP contribution in [0.25, 0.3) is 0 Å². The number of carbonyl (C=O) groups is 3. The molecule has 0 saturated carbocycles. The normalized spacial score (nSPS) is 28.4. The molecule has 7 heteroatoms. The lowest BCUT2D eigenvalue weighted by molar-refractivity contribution is -0.140. The molecular formula is C29H24Cl2N2O3. The summed E-state index contributed by atoms with van der Waals surface area (Å²) in [5, 5.41) is 2.95. The Morgan fingerprint density at radius 3 is 1.67 bits per heavy atom. The third-order valence-corrected chi connectivity index (χ3v) is 9.20. The molecule has 3 aromatic carbocycles. The molecule has 182 valence electrons. The van der Waals surface area contributed by atoms with Crippen LogP contribution in [0.1, 0.15) is 47.2 Å². The lowest BCUT2D eigenvalue weighted by Gasteiger charge is -2.54. The van der Waals surface area contributed by atoms with Crippen molar-refractivity contribution in [2.24, 2.45) is 11.8 Å². The highest BCUT2D eigenvalue weighted by Gasteiger charge is 2.72. The van der Waals surface area contributed by atoms with Gasteiger partial charge in [0.2, 0.25) is 17.7 Å². The predicted molar refractivity (Wildman–Crippen MR) is 137 cm³/mol. The van der Waals surface area contributed by atoms with Crippen LogP contribution in [0.15, 0.2) is 78.9 Å². The van der Waals surface area contributed by atoms with Crippen molar-refractivity contribution in [2.75, 3.05) is 6.54 Å². The van der Waals surface area contributed by atoms with Crippen molar-refractivity contribution in [3.63, 3.8) is 0 Å². The van der Waals surface area contributed by atoms with Crippen molar-refractivity contribution >= 4 is 40.9 Å². The number of carbonyl (C=O) groups excluding carboxylic acids is 3. The Hall–Kier alpha value is -3.15. The lowest BCUT2D eigenvalue weighted by atomic mass is 9.54. The van der Waals surface area contributed by atoms with Crippen LogP contribution in [0.2, 0.25) is 0 Å². The smallest absolute Gasteiger partial charge is 0.235 e. The number of imide groups is 1. The molecule has 7 rings (SSSR count). The summed E-state index contributed by atoms with van der Waals surface area (Å²) < 4.78 is 0. The number of nitrogens with zero attached hydrogens (tertiary/aromatic N) is 1. The zero-order chi connectivity index (χ0) is 25.2. The van der Waals surface area contributed by atoms with Crippen LogP contribution in [0.5, 0.6) is 0 Å². The van der Waals surface area contributed by atoms with E-state index in [4.69, 9.17) is 23.2 Å². The van der Waals surface area contributed by atoms with E-state index in [0.29, 0.717) is 0 Å². The van der Waals surface area contributed by atoms with Crippen molar-refractivity contribution in [1.29, 1.82) is 0 Å². The van der Waals surface area contributed by atoms with Gasteiger partial charge in [-0.1, -0.05) is 78.9 Å². The van der Waals surface area contributed by atoms with Gasteiger partial charge in [-0.15, -0.1) is 23.2 Å². The molecule has 3 atom stereocenters. The van der Waals surface area contributed by atoms with Crippen LogP contribution in [-0.4, -0.2) is 29.2 Å². The van der Waals surface area contributed by atoms with Crippen LogP contribution in [0.4, 0.5) is 0 Å². The number of likely N-dealkylation sites (tertiary alicyclic amines) is 1. The lowest BCUT2D eigenvalue weighted by Crippen LogP contribution is -2.57. The molecule has 1 N–H and O–H groups in total. The second-order valence-corrected chi connectivity index (χ2v) is 10.9. The van der Waals surface area contributed by atoms with Crippen LogP contribution in [-0.2, 0) is 24.1 Å². The molecule has 1 aliphatic heterocycles. The summed E-state index contributed by atoms with van der Waals surface area (Å²) in [6, 6.07) is 24.5. The molecule has 3 amide bonds. The largest absolute Gasteiger partial charge is 0.350 e. The highest BCUT2D eigenvalue weighted by atomic mass is 35.5. The molecule has 3 aliphatic carbocycles. The van der Waals surface area contributed by atoms with E-state index in [2.05, 4.69) is 5.32 Å². The van der Waals surface area contributed by atoms with Gasteiger partial charge in [-0.2, -0.15) is 0 Å². The number of benzene rings is 3. The van der Waals surface area contributed by atoms with Crippen molar-refractivity contribution in [2.45, 2.75) is 29.1 Å². The Labute approximate surface area is 219 Å². The van der Waals surface area contributed by atoms with Gasteiger partial charge in [0.15, 0.2) is 0 Å². The summed E-state index contributed by atoms with van der Waals surface area (Å²) in [6.07, 6.45) is -0.00143. The Bertz CT molecular complexity index is 1280. The molecule has 2 bridgehead atoms. The van der Waals surface area contributed by atoms with Crippen molar-refractivity contribution in [3.8, 4) is 0 Å². The molecule has 0 spiro atoms. The summed E-state index contributed by atoms with van der Waals surface area (Å²) in [5.74, 6) is -2.69. The van der Waals surface area contributed by atoms with E-state index in [1.54, 1.807) is 0 Å². The summed E-state index contributed by atoms with van der Waals surface area (Å²) in [4.78, 5) is 39.1. The second-order valence-electron chi connectivity index (χ2n) is 9.75. The Kier molecular flexibility index (Phi) is 5.29. The number of alkyl halides is 2. The van der Waals surface area contributed by atoms with Gasteiger partial charge in [-0.05, 0) is 34.7 Å². The molecule has 1 saturated heterocycles. The first kappa shape index (κ1) is 23.3. The SMILES string of the molecule is C[C@@H](NC(=O)CCN1C(=O)[C@@H]2[C@H](C1=O)C1(Cl)c3ccccc3C2(Cl)c2ccccc21)c1ccccc1. The van der Waals surface area contributed by atoms with Gasteiger partial charge >= 0.3 is 0 Å². The summed E-state index contributed by atoms with van der Waals surface area (Å²) in [6.45, 7) is 1.87. The molecular weight excluding hydrogens is 495 g/mol. The number of hydrogen-bond acceptors (Lipinski definition) is 3. The van der Waals surface area contributed by atoms with Crippen LogP contribution < -0.4 is 5.32 Å². The average molecular weight is 519 g/mol. The van der Waals surface area contributed by atoms with Crippen LogP contribution in [0.3, 0.4) is 0 Å². The first-order chi connectivity index (χ1) is 17.3. The molecule has 0 unspecified atom stereocenters. The predicted octanol–water partition coefficient (Wildman–Crippen LogP) is 4.85. The number of amides is 3. The van der Waals surface area contributed by atoms with Gasteiger partial charge in [0.1, 0.15) is 9.75 Å². The van der Waals surface area contributed by atoms with Crippen LogP contribution >= 0.6 is 23.2 Å². The van der Waals surface area contributed by atoms with Gasteiger partial charge in [0, 0.05) is 13.0 Å². The number of hydrogen-bond donors (Lipinski definition) is 1. The molecule has 36 heavy (non-hydrogen) atoms. The standard InChI is InChI=1S/C29H24Cl2N2O3/c1-17(18-9-3-2-4-10-18)32-23(34)15-16-33-26(35)24-25(27(33)36)29(31)20-12-6-5-11-19(20)28(24,30)21-13-7-8-14-22(21)29/h2-14,17,24-25H,15-16H2,1H3,(H,32,34)/t17-,24-,25+,28?,29?/m1/s1. The van der Waals surface area contributed by atoms with Gasteiger partial charge < -0.3 is 5.32 Å². The molecule has 0 aromatic heterocycles. The minimum atomic E-state index is -1.21. The first-order valence-corrected chi connectivity index (χ1v) is 12.8. The van der Waals surface area contributed by atoms with E-state index in [0.717, 1.165) is 27.8 Å². The minimum absolute atomic E-state index is 0.00143. The summed E-state index contributed by atoms with van der Waals surface area (Å²) in [5.41, 5.74) is 4.03. The van der Waals surface area contributed by atoms with E-state index in [-0.39, 0.29) is 36.7 Å². The monoisotopic (exact) mass is 518 g/mol. The van der Waals surface area contributed by atoms with Gasteiger partial charge in [0.25, 0.3) is 0 Å². The molecule has 5 nitrogen and oxygen atoms in total. The highest BCUT2D eigenvalue weighted by Crippen LogP contribution is 2.69. The third-order valence-electron chi connectivity index (χ3n) is 7.92. The van der Waals surface area contributed by atoms with Crippen LogP contribution in [0, 0.1) is 11.8 Å². The van der Waals surface area contributed by atoms with Crippen molar-refractivity contribution in [1.82, 2.24) is 10.2 Å². The van der Waals surface area contributed by atoms with E-state index >= 15 is 0 Å². The second kappa shape index (κ2) is 8.19. The molecule has 1 heterocycles.